The number of pyridine rings is 2. The summed E-state index contributed by atoms with van der Waals surface area (Å²) in [6.07, 6.45) is 3.60. The summed E-state index contributed by atoms with van der Waals surface area (Å²) in [5.41, 5.74) is 2.88. The topological polar surface area (TPSA) is 84.0 Å². The summed E-state index contributed by atoms with van der Waals surface area (Å²) in [6.45, 7) is 6.09. The summed E-state index contributed by atoms with van der Waals surface area (Å²) in [7, 11) is 1.82. The number of thiophene rings is 1. The normalized spacial score (nSPS) is 16.9. The van der Waals surface area contributed by atoms with Crippen LogP contribution >= 0.6 is 11.3 Å². The molecule has 0 saturated carbocycles. The maximum atomic E-state index is 13.5. The summed E-state index contributed by atoms with van der Waals surface area (Å²) in [5, 5.41) is 7.22. The third kappa shape index (κ3) is 4.05. The van der Waals surface area contributed by atoms with Crippen molar-refractivity contribution in [3.05, 3.63) is 76.5 Å². The van der Waals surface area contributed by atoms with E-state index in [2.05, 4.69) is 29.5 Å². The molecule has 0 aliphatic carbocycles. The van der Waals surface area contributed by atoms with Crippen molar-refractivity contribution in [1.29, 1.82) is 0 Å². The molecule has 36 heavy (non-hydrogen) atoms. The average molecular weight is 503 g/mol. The van der Waals surface area contributed by atoms with E-state index >= 15 is 0 Å². The van der Waals surface area contributed by atoms with Crippen molar-refractivity contribution in [2.75, 3.05) is 12.4 Å². The molecule has 0 saturated heterocycles. The molecule has 0 fully saturated rings. The number of rotatable bonds is 7. The van der Waals surface area contributed by atoms with Gasteiger partial charge in [0.25, 0.3) is 5.91 Å². The molecule has 184 valence electrons. The van der Waals surface area contributed by atoms with Crippen LogP contribution in [0, 0.1) is 11.7 Å². The van der Waals surface area contributed by atoms with Gasteiger partial charge in [-0.15, -0.1) is 11.3 Å². The number of amides is 1. The number of aldehydes is 1. The monoisotopic (exact) mass is 502 g/mol. The summed E-state index contributed by atoms with van der Waals surface area (Å²) in [4.78, 5) is 36.2. The van der Waals surface area contributed by atoms with Crippen LogP contribution in [0.2, 0.25) is 0 Å². The van der Waals surface area contributed by atoms with Crippen molar-refractivity contribution in [3.8, 4) is 10.4 Å². The first-order chi connectivity index (χ1) is 17.2. The SMILES string of the molecule is CNc1nccc2cc(-c3c(C=O)c(CC(C)C)nc4c3C(=O)N[C@@]4(C)Cc3ccc(F)cc3)sc12. The van der Waals surface area contributed by atoms with Gasteiger partial charge in [0, 0.05) is 35.7 Å². The van der Waals surface area contributed by atoms with Crippen LogP contribution < -0.4 is 10.6 Å². The zero-order valence-electron chi connectivity index (χ0n) is 20.6. The third-order valence-electron chi connectivity index (χ3n) is 6.56. The van der Waals surface area contributed by atoms with Gasteiger partial charge in [-0.2, -0.15) is 0 Å². The number of halogens is 1. The Kier molecular flexibility index (Phi) is 6.08. The van der Waals surface area contributed by atoms with Gasteiger partial charge in [0.05, 0.1) is 27.2 Å². The third-order valence-corrected chi connectivity index (χ3v) is 7.74. The van der Waals surface area contributed by atoms with Gasteiger partial charge >= 0.3 is 0 Å². The second kappa shape index (κ2) is 9.09. The van der Waals surface area contributed by atoms with Crippen LogP contribution in [-0.2, 0) is 18.4 Å². The number of hydrogen-bond donors (Lipinski definition) is 2. The number of hydrogen-bond acceptors (Lipinski definition) is 6. The van der Waals surface area contributed by atoms with Crippen LogP contribution in [0.3, 0.4) is 0 Å². The number of nitrogens with one attached hydrogen (secondary N) is 2. The summed E-state index contributed by atoms with van der Waals surface area (Å²) in [6, 6.07) is 10.2. The van der Waals surface area contributed by atoms with Crippen molar-refractivity contribution < 1.29 is 14.0 Å². The molecule has 1 aliphatic rings. The Morgan fingerprint density at radius 1 is 1.19 bits per heavy atom. The molecule has 0 unspecified atom stereocenters. The van der Waals surface area contributed by atoms with Crippen molar-refractivity contribution in [2.24, 2.45) is 5.92 Å². The summed E-state index contributed by atoms with van der Waals surface area (Å²) in [5.74, 6) is 0.434. The van der Waals surface area contributed by atoms with E-state index in [9.17, 15) is 14.0 Å². The van der Waals surface area contributed by atoms with Crippen molar-refractivity contribution >= 4 is 39.4 Å². The average Bonchev–Trinajstić information content (AvgIpc) is 3.38. The number of fused-ring (bicyclic) bond motifs is 2. The van der Waals surface area contributed by atoms with Gasteiger partial charge in [0.15, 0.2) is 6.29 Å². The molecule has 2 N–H and O–H groups in total. The van der Waals surface area contributed by atoms with E-state index in [0.29, 0.717) is 40.9 Å². The predicted molar refractivity (Wildman–Crippen MR) is 141 cm³/mol. The fourth-order valence-corrected chi connectivity index (χ4v) is 6.19. The van der Waals surface area contributed by atoms with Crippen LogP contribution in [-0.4, -0.2) is 29.2 Å². The van der Waals surface area contributed by atoms with E-state index in [4.69, 9.17) is 4.98 Å². The molecule has 1 amide bonds. The molecule has 6 nitrogen and oxygen atoms in total. The van der Waals surface area contributed by atoms with E-state index in [0.717, 1.165) is 32.6 Å². The molecule has 5 rings (SSSR count). The molecule has 8 heteroatoms. The van der Waals surface area contributed by atoms with Gasteiger partial charge in [-0.25, -0.2) is 9.37 Å². The Morgan fingerprint density at radius 2 is 1.94 bits per heavy atom. The van der Waals surface area contributed by atoms with Crippen LogP contribution in [0.25, 0.3) is 20.5 Å². The van der Waals surface area contributed by atoms with Crippen molar-refractivity contribution in [2.45, 2.75) is 39.2 Å². The number of aromatic nitrogens is 2. The molecule has 1 atom stereocenters. The Balaban J connectivity index is 1.76. The first kappa shape index (κ1) is 24.1. The van der Waals surface area contributed by atoms with Gasteiger partial charge in [-0.05, 0) is 54.5 Å². The first-order valence-electron chi connectivity index (χ1n) is 11.9. The number of nitrogens with zero attached hydrogens (tertiary/aromatic N) is 2. The highest BCUT2D eigenvalue weighted by molar-refractivity contribution is 7.22. The number of carbonyl (C=O) groups is 2. The minimum Gasteiger partial charge on any atom is -0.372 e. The zero-order chi connectivity index (χ0) is 25.6. The zero-order valence-corrected chi connectivity index (χ0v) is 21.4. The van der Waals surface area contributed by atoms with E-state index in [1.54, 1.807) is 18.3 Å². The van der Waals surface area contributed by atoms with E-state index in [1.165, 1.54) is 23.5 Å². The number of anilines is 1. The number of benzene rings is 1. The largest absolute Gasteiger partial charge is 0.372 e. The highest BCUT2D eigenvalue weighted by Gasteiger charge is 2.44. The second-order valence-corrected chi connectivity index (χ2v) is 10.9. The van der Waals surface area contributed by atoms with Gasteiger partial charge in [-0.3, -0.25) is 14.6 Å². The Morgan fingerprint density at radius 3 is 2.61 bits per heavy atom. The second-order valence-electron chi connectivity index (χ2n) is 9.81. The lowest BCUT2D eigenvalue weighted by molar-refractivity contribution is 0.0935. The first-order valence-corrected chi connectivity index (χ1v) is 12.7. The van der Waals surface area contributed by atoms with Gasteiger partial charge < -0.3 is 10.6 Å². The van der Waals surface area contributed by atoms with E-state index in [-0.39, 0.29) is 17.6 Å². The molecule has 0 spiro atoms. The molecule has 4 heterocycles. The smallest absolute Gasteiger partial charge is 0.254 e. The molecule has 3 aromatic heterocycles. The highest BCUT2D eigenvalue weighted by Crippen LogP contribution is 2.45. The predicted octanol–water partition coefficient (Wildman–Crippen LogP) is 5.75. The van der Waals surface area contributed by atoms with Crippen molar-refractivity contribution in [1.82, 2.24) is 15.3 Å². The van der Waals surface area contributed by atoms with Gasteiger partial charge in [-0.1, -0.05) is 26.0 Å². The summed E-state index contributed by atoms with van der Waals surface area (Å²) >= 11 is 1.50. The Labute approximate surface area is 213 Å². The van der Waals surface area contributed by atoms with Gasteiger partial charge in [0.1, 0.15) is 11.6 Å². The molecular weight excluding hydrogens is 475 g/mol. The maximum absolute atomic E-state index is 13.5. The molecule has 0 bridgehead atoms. The minimum atomic E-state index is -0.805. The van der Waals surface area contributed by atoms with E-state index in [1.807, 2.05) is 26.1 Å². The lowest BCUT2D eigenvalue weighted by atomic mass is 9.86. The molecule has 4 aromatic rings. The van der Waals surface area contributed by atoms with Crippen LogP contribution in [0.1, 0.15) is 58.4 Å². The van der Waals surface area contributed by atoms with Gasteiger partial charge in [0.2, 0.25) is 0 Å². The molecular formula is C28H27FN4O2S. The maximum Gasteiger partial charge on any atom is 0.254 e. The summed E-state index contributed by atoms with van der Waals surface area (Å²) < 4.78 is 14.5. The fraction of sp³-hybridized carbons (Fsp3) is 0.286. The lowest BCUT2D eigenvalue weighted by Gasteiger charge is -2.26. The molecule has 1 aromatic carbocycles. The number of carbonyl (C=O) groups excluding carboxylic acids is 2. The Hall–Kier alpha value is -3.65. The quantitative estimate of drug-likeness (QED) is 0.314. The van der Waals surface area contributed by atoms with Crippen LogP contribution in [0.15, 0.2) is 42.6 Å². The minimum absolute atomic E-state index is 0.262. The van der Waals surface area contributed by atoms with Crippen LogP contribution in [0.4, 0.5) is 10.2 Å². The lowest BCUT2D eigenvalue weighted by Crippen LogP contribution is -2.39. The molecule has 1 aliphatic heterocycles. The van der Waals surface area contributed by atoms with Crippen LogP contribution in [0.5, 0.6) is 0 Å². The Bertz CT molecular complexity index is 1500. The highest BCUT2D eigenvalue weighted by atomic mass is 32.1. The van der Waals surface area contributed by atoms with E-state index < -0.39 is 5.54 Å². The fourth-order valence-electron chi connectivity index (χ4n) is 4.97. The molecule has 0 radical (unpaired) electrons. The van der Waals surface area contributed by atoms with Crippen molar-refractivity contribution in [3.63, 3.8) is 0 Å². The standard InChI is InChI=1S/C28H27FN4O2S/c1-15(2)11-20-19(14-34)22(21-12-17-9-10-31-26(30-4)24(17)36-21)23-25(32-20)28(3,33-27(23)35)13-16-5-7-18(29)8-6-16/h5-10,12,14-15H,11,13H2,1-4H3,(H,30,31)(H,33,35)/t28-/m0/s1.